The van der Waals surface area contributed by atoms with Crippen LogP contribution < -0.4 is 5.56 Å². The lowest BCUT2D eigenvalue weighted by molar-refractivity contribution is 0.893. The Hall–Kier alpha value is -3.14. The molecular formula is C19H15N3O. The lowest BCUT2D eigenvalue weighted by Gasteiger charge is -2.04. The average Bonchev–Trinajstić information content (AvgIpc) is 2.96. The monoisotopic (exact) mass is 301 g/mol. The van der Waals surface area contributed by atoms with E-state index in [-0.39, 0.29) is 5.56 Å². The minimum absolute atomic E-state index is 0.105. The Morgan fingerprint density at radius 3 is 2.17 bits per heavy atom. The molecule has 0 aliphatic heterocycles. The van der Waals surface area contributed by atoms with Crippen molar-refractivity contribution in [1.82, 2.24) is 14.6 Å². The maximum absolute atomic E-state index is 12.3. The molecule has 0 saturated carbocycles. The highest BCUT2D eigenvalue weighted by molar-refractivity contribution is 5.90. The zero-order valence-electron chi connectivity index (χ0n) is 12.7. The molecule has 4 nitrogen and oxygen atoms in total. The quantitative estimate of drug-likeness (QED) is 0.614. The number of hydrogen-bond acceptors (Lipinski definition) is 2. The van der Waals surface area contributed by atoms with E-state index in [1.165, 1.54) is 10.6 Å². The molecule has 0 fully saturated rings. The Bertz CT molecular complexity index is 1030. The van der Waals surface area contributed by atoms with E-state index in [9.17, 15) is 4.79 Å². The molecule has 112 valence electrons. The fourth-order valence-corrected chi connectivity index (χ4v) is 2.84. The fourth-order valence-electron chi connectivity index (χ4n) is 2.84. The minimum atomic E-state index is -0.105. The van der Waals surface area contributed by atoms with Crippen molar-refractivity contribution in [1.29, 1.82) is 0 Å². The number of nitrogens with one attached hydrogen (secondary N) is 1. The Morgan fingerprint density at radius 2 is 1.52 bits per heavy atom. The molecule has 0 aliphatic carbocycles. The van der Waals surface area contributed by atoms with Crippen LogP contribution in [0.5, 0.6) is 0 Å². The van der Waals surface area contributed by atoms with Gasteiger partial charge in [-0.2, -0.15) is 0 Å². The highest BCUT2D eigenvalue weighted by Crippen LogP contribution is 2.33. The Morgan fingerprint density at radius 1 is 0.913 bits per heavy atom. The number of aryl methyl sites for hydroxylation is 1. The molecule has 2 aromatic heterocycles. The van der Waals surface area contributed by atoms with E-state index < -0.39 is 0 Å². The van der Waals surface area contributed by atoms with Crippen LogP contribution in [0, 0.1) is 6.92 Å². The topological polar surface area (TPSA) is 50.2 Å². The van der Waals surface area contributed by atoms with Crippen LogP contribution in [0.2, 0.25) is 0 Å². The molecule has 23 heavy (non-hydrogen) atoms. The third-order valence-corrected chi connectivity index (χ3v) is 3.87. The highest BCUT2D eigenvalue weighted by atomic mass is 16.1. The summed E-state index contributed by atoms with van der Waals surface area (Å²) in [5.41, 5.74) is 5.15. The van der Waals surface area contributed by atoms with Crippen LogP contribution in [-0.2, 0) is 0 Å². The number of nitrogens with zero attached hydrogens (tertiary/aromatic N) is 2. The molecule has 0 saturated heterocycles. The number of rotatable bonds is 2. The number of benzene rings is 2. The second-order valence-electron chi connectivity index (χ2n) is 5.49. The molecule has 0 radical (unpaired) electrons. The van der Waals surface area contributed by atoms with Crippen LogP contribution in [0.4, 0.5) is 0 Å². The number of hydrogen-bond donors (Lipinski definition) is 1. The third kappa shape index (κ3) is 2.25. The Labute approximate surface area is 133 Å². The van der Waals surface area contributed by atoms with Crippen LogP contribution in [0.1, 0.15) is 5.69 Å². The van der Waals surface area contributed by atoms with Gasteiger partial charge in [-0.3, -0.25) is 9.89 Å². The van der Waals surface area contributed by atoms with E-state index in [1.54, 1.807) is 0 Å². The summed E-state index contributed by atoms with van der Waals surface area (Å²) < 4.78 is 1.51. The number of fused-ring (bicyclic) bond motifs is 1. The molecule has 1 N–H and O–H groups in total. The van der Waals surface area contributed by atoms with Gasteiger partial charge < -0.3 is 0 Å². The number of H-pyrrole nitrogens is 1. The van der Waals surface area contributed by atoms with Gasteiger partial charge in [-0.15, -0.1) is 0 Å². The fraction of sp³-hybridized carbons (Fsp3) is 0.0526. The van der Waals surface area contributed by atoms with Crippen LogP contribution in [0.3, 0.4) is 0 Å². The summed E-state index contributed by atoms with van der Waals surface area (Å²) >= 11 is 0. The van der Waals surface area contributed by atoms with Crippen LogP contribution in [-0.4, -0.2) is 14.6 Å². The second-order valence-corrected chi connectivity index (χ2v) is 5.49. The van der Waals surface area contributed by atoms with Crippen molar-refractivity contribution in [2.45, 2.75) is 6.92 Å². The van der Waals surface area contributed by atoms with Gasteiger partial charge in [-0.05, 0) is 12.5 Å². The van der Waals surface area contributed by atoms with Gasteiger partial charge in [-0.1, -0.05) is 60.7 Å². The summed E-state index contributed by atoms with van der Waals surface area (Å²) in [6.45, 7) is 1.84. The first kappa shape index (κ1) is 13.5. The number of aromatic nitrogens is 3. The second kappa shape index (κ2) is 5.25. The zero-order chi connectivity index (χ0) is 15.8. The summed E-state index contributed by atoms with van der Waals surface area (Å²) in [7, 11) is 0. The van der Waals surface area contributed by atoms with Crippen molar-refractivity contribution in [3.63, 3.8) is 0 Å². The average molecular weight is 301 g/mol. The standard InChI is InChI=1S/C19H15N3O/c1-13-12-16(23)22-19(20-13)17(14-8-4-2-5-9-14)18(21-22)15-10-6-3-7-11-15/h2-12,21H,1H3. The van der Waals surface area contributed by atoms with E-state index in [0.717, 1.165) is 22.4 Å². The number of aromatic amines is 1. The van der Waals surface area contributed by atoms with E-state index in [2.05, 4.69) is 10.1 Å². The smallest absolute Gasteiger partial charge is 0.272 e. The van der Waals surface area contributed by atoms with Gasteiger partial charge in [-0.25, -0.2) is 9.50 Å². The SMILES string of the molecule is Cc1cc(=O)n2[nH]c(-c3ccccc3)c(-c3ccccc3)c2n1. The van der Waals surface area contributed by atoms with Crippen molar-refractivity contribution in [3.8, 4) is 22.4 Å². The van der Waals surface area contributed by atoms with E-state index in [0.29, 0.717) is 11.3 Å². The Balaban J connectivity index is 2.14. The molecular weight excluding hydrogens is 286 g/mol. The lowest BCUT2D eigenvalue weighted by atomic mass is 10.0. The van der Waals surface area contributed by atoms with Crippen molar-refractivity contribution < 1.29 is 0 Å². The maximum Gasteiger partial charge on any atom is 0.272 e. The van der Waals surface area contributed by atoms with Gasteiger partial charge >= 0.3 is 0 Å². The van der Waals surface area contributed by atoms with Crippen molar-refractivity contribution in [2.75, 3.05) is 0 Å². The molecule has 4 heteroatoms. The van der Waals surface area contributed by atoms with E-state index >= 15 is 0 Å². The molecule has 0 aliphatic rings. The first-order valence-corrected chi connectivity index (χ1v) is 7.47. The van der Waals surface area contributed by atoms with Crippen LogP contribution in [0.25, 0.3) is 28.0 Å². The molecule has 4 aromatic rings. The first-order valence-electron chi connectivity index (χ1n) is 7.47. The first-order chi connectivity index (χ1) is 11.2. The molecule has 0 amide bonds. The van der Waals surface area contributed by atoms with Gasteiger partial charge in [0, 0.05) is 17.3 Å². The Kier molecular flexibility index (Phi) is 3.08. The summed E-state index contributed by atoms with van der Waals surface area (Å²) in [6.07, 6.45) is 0. The van der Waals surface area contributed by atoms with Crippen molar-refractivity contribution >= 4 is 5.65 Å². The summed E-state index contributed by atoms with van der Waals surface area (Å²) in [4.78, 5) is 16.9. The van der Waals surface area contributed by atoms with E-state index in [1.807, 2.05) is 67.6 Å². The minimum Gasteiger partial charge on any atom is -0.288 e. The molecule has 0 spiro atoms. The van der Waals surface area contributed by atoms with Crippen LogP contribution in [0.15, 0.2) is 71.5 Å². The molecule has 2 heterocycles. The van der Waals surface area contributed by atoms with Crippen LogP contribution >= 0.6 is 0 Å². The summed E-state index contributed by atoms with van der Waals surface area (Å²) in [5, 5.41) is 3.22. The normalized spacial score (nSPS) is 11.0. The molecule has 0 bridgehead atoms. The molecule has 0 unspecified atom stereocenters. The van der Waals surface area contributed by atoms with Gasteiger partial charge in [0.2, 0.25) is 0 Å². The predicted molar refractivity (Wildman–Crippen MR) is 91.4 cm³/mol. The van der Waals surface area contributed by atoms with Gasteiger partial charge in [0.15, 0.2) is 5.65 Å². The van der Waals surface area contributed by atoms with Gasteiger partial charge in [0.25, 0.3) is 5.56 Å². The summed E-state index contributed by atoms with van der Waals surface area (Å²) in [6, 6.07) is 21.5. The molecule has 4 rings (SSSR count). The van der Waals surface area contributed by atoms with E-state index in [4.69, 9.17) is 0 Å². The van der Waals surface area contributed by atoms with Gasteiger partial charge in [0.05, 0.1) is 11.3 Å². The largest absolute Gasteiger partial charge is 0.288 e. The van der Waals surface area contributed by atoms with Gasteiger partial charge in [0.1, 0.15) is 0 Å². The van der Waals surface area contributed by atoms with Crippen molar-refractivity contribution in [2.24, 2.45) is 0 Å². The van der Waals surface area contributed by atoms with Crippen molar-refractivity contribution in [3.05, 3.63) is 82.8 Å². The summed E-state index contributed by atoms with van der Waals surface area (Å²) in [5.74, 6) is 0. The maximum atomic E-state index is 12.3. The third-order valence-electron chi connectivity index (χ3n) is 3.87. The predicted octanol–water partition coefficient (Wildman–Crippen LogP) is 3.67. The molecule has 0 atom stereocenters. The zero-order valence-corrected chi connectivity index (χ0v) is 12.7. The highest BCUT2D eigenvalue weighted by Gasteiger charge is 2.17. The molecule has 2 aromatic carbocycles. The lowest BCUT2D eigenvalue weighted by Crippen LogP contribution is -2.14.